The highest BCUT2D eigenvalue weighted by Gasteiger charge is 2.58. The van der Waals surface area contributed by atoms with Crippen LogP contribution in [0.25, 0.3) is 0 Å². The van der Waals surface area contributed by atoms with Crippen molar-refractivity contribution in [2.75, 3.05) is 6.61 Å². The second-order valence-corrected chi connectivity index (χ2v) is 14.2. The van der Waals surface area contributed by atoms with Crippen molar-refractivity contribution in [1.82, 2.24) is 0 Å². The lowest BCUT2D eigenvalue weighted by Crippen LogP contribution is -2.69. The molecular weight excluding hydrogens is 608 g/mol. The fraction of sp³-hybridized carbons (Fsp3) is 0.950. The summed E-state index contributed by atoms with van der Waals surface area (Å²) in [4.78, 5) is 27.2. The molecule has 1 fully saturated rings. The van der Waals surface area contributed by atoms with Gasteiger partial charge in [0.2, 0.25) is 5.60 Å². The van der Waals surface area contributed by atoms with Crippen molar-refractivity contribution in [2.45, 2.75) is 237 Å². The third-order valence-electron chi connectivity index (χ3n) is 9.97. The molecule has 1 aliphatic heterocycles. The zero-order chi connectivity index (χ0) is 36.9. The molecule has 0 amide bonds. The molecule has 0 aliphatic carbocycles. The van der Waals surface area contributed by atoms with Crippen LogP contribution in [0.15, 0.2) is 0 Å². The predicted octanol–water partition coefficient (Wildman–Crippen LogP) is 8.66. The van der Waals surface area contributed by atoms with Gasteiger partial charge in [0.25, 0.3) is 0 Å². The highest BCUT2D eigenvalue weighted by molar-refractivity contribution is 6.11. The number of rotatable bonds is 33. The van der Waals surface area contributed by atoms with E-state index in [4.69, 9.17) is 12.2 Å². The standard InChI is InChI=1S/C40H76O8/c1-4-7-9-11-13-15-17-19-21-23-25-27-29-31-33(41)40(46,38-36(44)35(43)37(45)39(48-38)47-6-3)34(42)32-30-28-26-24-22-20-18-16-14-12-10-8-5-2/h35-39,43-46H,4-32H2,1-3H3/t35-,36-,37+,38-,39?/m0/s1/i1D,2D. The van der Waals surface area contributed by atoms with Gasteiger partial charge in [-0.15, -0.1) is 0 Å². The molecular formula is C40H76O8. The second kappa shape index (κ2) is 28.8. The number of hydrogen-bond acceptors (Lipinski definition) is 8. The molecule has 1 unspecified atom stereocenters. The van der Waals surface area contributed by atoms with E-state index >= 15 is 0 Å². The average molecular weight is 687 g/mol. The summed E-state index contributed by atoms with van der Waals surface area (Å²) in [7, 11) is 0. The van der Waals surface area contributed by atoms with Crippen LogP contribution in [0.5, 0.6) is 0 Å². The van der Waals surface area contributed by atoms with Gasteiger partial charge >= 0.3 is 0 Å². The normalized spacial score (nSPS) is 22.1. The predicted molar refractivity (Wildman–Crippen MR) is 194 cm³/mol. The molecule has 0 spiro atoms. The Morgan fingerprint density at radius 1 is 0.562 bits per heavy atom. The molecule has 1 rings (SSSR count). The Kier molecular flexibility index (Phi) is 24.9. The van der Waals surface area contributed by atoms with Gasteiger partial charge in [-0.3, -0.25) is 9.59 Å². The number of Topliss-reactive ketones (excluding diaryl/α,β-unsaturated/α-hetero) is 2. The number of ether oxygens (including phenoxy) is 2. The maximum absolute atomic E-state index is 13.6. The number of ketones is 2. The van der Waals surface area contributed by atoms with Crippen LogP contribution in [0, 0.1) is 0 Å². The SMILES string of the molecule is [2H]CCCCCCCCCCCCCCCC(=O)C(O)(C(=O)CCCCCCCCCCCCCCC[2H])[C@H]1OC(OCC)[C@H](O)[C@@H](O)[C@@H]1O. The van der Waals surface area contributed by atoms with E-state index in [1.165, 1.54) is 89.9 Å². The Morgan fingerprint density at radius 3 is 1.23 bits per heavy atom. The summed E-state index contributed by atoms with van der Waals surface area (Å²) < 4.78 is 25.5. The van der Waals surface area contributed by atoms with E-state index in [2.05, 4.69) is 0 Å². The third kappa shape index (κ3) is 17.8. The van der Waals surface area contributed by atoms with Crippen molar-refractivity contribution in [3.05, 3.63) is 0 Å². The topological polar surface area (TPSA) is 134 Å². The minimum atomic E-state index is -2.64. The van der Waals surface area contributed by atoms with Crippen LogP contribution < -0.4 is 0 Å². The summed E-state index contributed by atoms with van der Waals surface area (Å²) in [5.74, 6) is -1.44. The van der Waals surface area contributed by atoms with Gasteiger partial charge in [-0.25, -0.2) is 0 Å². The van der Waals surface area contributed by atoms with Crippen LogP contribution in [0.2, 0.25) is 0 Å². The first kappa shape index (κ1) is 41.5. The van der Waals surface area contributed by atoms with Gasteiger partial charge < -0.3 is 29.9 Å². The first-order valence-corrected chi connectivity index (χ1v) is 19.9. The largest absolute Gasteiger partial charge is 0.387 e. The molecule has 0 aromatic carbocycles. The molecule has 1 aliphatic rings. The van der Waals surface area contributed by atoms with E-state index in [1.54, 1.807) is 6.92 Å². The summed E-state index contributed by atoms with van der Waals surface area (Å²) in [6, 6.07) is 0. The van der Waals surface area contributed by atoms with Crippen LogP contribution in [-0.4, -0.2) is 74.9 Å². The van der Waals surface area contributed by atoms with Crippen molar-refractivity contribution in [1.29, 1.82) is 0 Å². The van der Waals surface area contributed by atoms with Crippen LogP contribution in [0.1, 0.15) is 203 Å². The van der Waals surface area contributed by atoms with Crippen molar-refractivity contribution in [3.8, 4) is 0 Å². The van der Waals surface area contributed by atoms with E-state index in [1.807, 2.05) is 0 Å². The van der Waals surface area contributed by atoms with Crippen LogP contribution >= 0.6 is 0 Å². The van der Waals surface area contributed by atoms with Crippen molar-refractivity contribution in [3.63, 3.8) is 0 Å². The zero-order valence-electron chi connectivity index (χ0n) is 32.7. The Hall–Kier alpha value is -0.900. The molecule has 1 saturated heterocycles. The smallest absolute Gasteiger partial charge is 0.210 e. The minimum Gasteiger partial charge on any atom is -0.387 e. The fourth-order valence-electron chi connectivity index (χ4n) is 6.81. The summed E-state index contributed by atoms with van der Waals surface area (Å²) in [5.41, 5.74) is -2.64. The Balaban J connectivity index is 2.52. The summed E-state index contributed by atoms with van der Waals surface area (Å²) in [5, 5.41) is 43.6. The highest BCUT2D eigenvalue weighted by atomic mass is 16.7. The zero-order valence-corrected chi connectivity index (χ0v) is 30.7. The fourth-order valence-corrected chi connectivity index (χ4v) is 6.81. The third-order valence-corrected chi connectivity index (χ3v) is 9.97. The quantitative estimate of drug-likeness (QED) is 0.0398. The van der Waals surface area contributed by atoms with Gasteiger partial charge in [0, 0.05) is 22.2 Å². The van der Waals surface area contributed by atoms with E-state index in [0.29, 0.717) is 26.6 Å². The van der Waals surface area contributed by atoms with E-state index in [0.717, 1.165) is 64.2 Å². The van der Waals surface area contributed by atoms with Crippen LogP contribution in [-0.2, 0) is 19.1 Å². The van der Waals surface area contributed by atoms with Gasteiger partial charge in [-0.1, -0.05) is 168 Å². The molecule has 8 heteroatoms. The maximum atomic E-state index is 13.6. The maximum Gasteiger partial charge on any atom is 0.210 e. The number of aliphatic hydroxyl groups is 4. The molecule has 8 nitrogen and oxygen atoms in total. The number of aliphatic hydroxyl groups excluding tert-OH is 3. The Morgan fingerprint density at radius 2 is 0.896 bits per heavy atom. The van der Waals surface area contributed by atoms with Gasteiger partial charge in [0.15, 0.2) is 17.9 Å². The number of unbranched alkanes of at least 4 members (excludes halogenated alkanes) is 24. The van der Waals surface area contributed by atoms with E-state index in [9.17, 15) is 30.0 Å². The molecule has 5 atom stereocenters. The van der Waals surface area contributed by atoms with Crippen molar-refractivity contribution in [2.24, 2.45) is 0 Å². The van der Waals surface area contributed by atoms with Gasteiger partial charge in [0.05, 0.1) is 0 Å². The van der Waals surface area contributed by atoms with Gasteiger partial charge in [0.1, 0.15) is 24.4 Å². The summed E-state index contributed by atoms with van der Waals surface area (Å²) in [6.07, 6.45) is 19.7. The highest BCUT2D eigenvalue weighted by Crippen LogP contribution is 2.33. The van der Waals surface area contributed by atoms with Gasteiger partial charge in [-0.2, -0.15) is 0 Å². The van der Waals surface area contributed by atoms with E-state index in [-0.39, 0.29) is 19.4 Å². The number of hydrogen-bond donors (Lipinski definition) is 4. The molecule has 0 radical (unpaired) electrons. The molecule has 4 N–H and O–H groups in total. The van der Waals surface area contributed by atoms with Crippen LogP contribution in [0.4, 0.5) is 0 Å². The molecule has 0 saturated carbocycles. The molecule has 1 heterocycles. The van der Waals surface area contributed by atoms with Crippen LogP contribution in [0.3, 0.4) is 0 Å². The number of carbonyl (C=O) groups excluding carboxylic acids is 2. The van der Waals surface area contributed by atoms with Crippen molar-refractivity contribution < 1.29 is 42.2 Å². The first-order chi connectivity index (χ1) is 24.2. The Bertz CT molecular complexity index is 787. The van der Waals surface area contributed by atoms with Crippen molar-refractivity contribution >= 4 is 11.6 Å². The summed E-state index contributed by atoms with van der Waals surface area (Å²) >= 11 is 0. The average Bonchev–Trinajstić information content (AvgIpc) is 3.11. The Labute approximate surface area is 297 Å². The monoisotopic (exact) mass is 687 g/mol. The lowest BCUT2D eigenvalue weighted by atomic mass is 9.77. The second-order valence-electron chi connectivity index (χ2n) is 14.2. The minimum absolute atomic E-state index is 0.0435. The van der Waals surface area contributed by atoms with E-state index < -0.39 is 47.9 Å². The lowest BCUT2D eigenvalue weighted by molar-refractivity contribution is -0.315. The summed E-state index contributed by atoms with van der Waals surface area (Å²) in [6.45, 7) is 2.86. The lowest BCUT2D eigenvalue weighted by Gasteiger charge is -2.45. The molecule has 48 heavy (non-hydrogen) atoms. The number of carbonyl (C=O) groups is 2. The molecule has 0 aromatic heterocycles. The molecule has 284 valence electrons. The van der Waals surface area contributed by atoms with Gasteiger partial charge in [-0.05, 0) is 19.8 Å². The molecule has 0 bridgehead atoms. The molecule has 0 aromatic rings. The first-order valence-electron chi connectivity index (χ1n) is 21.4.